The van der Waals surface area contributed by atoms with Crippen molar-refractivity contribution in [3.63, 3.8) is 0 Å². The fourth-order valence-electron chi connectivity index (χ4n) is 1.69. The number of carbonyl (C=O) groups excluding carboxylic acids is 1. The monoisotopic (exact) mass is 356 g/mol. The van der Waals surface area contributed by atoms with E-state index in [-0.39, 0.29) is 18.6 Å². The molecule has 4 nitrogen and oxygen atoms in total. The number of rotatable bonds is 8. The standard InChI is InChI=1S/C16H25BrN2O2/c1-5-18-9-13-8-14(17)6-7-15(13)21-10-16(20)19-12(4)11(2)3/h6-8,11-12,18H,5,9-10H2,1-4H3,(H,19,20). The zero-order valence-electron chi connectivity index (χ0n) is 13.2. The minimum absolute atomic E-state index is 0.0395. The van der Waals surface area contributed by atoms with Gasteiger partial charge in [0, 0.05) is 22.6 Å². The van der Waals surface area contributed by atoms with Crippen molar-refractivity contribution >= 4 is 21.8 Å². The zero-order chi connectivity index (χ0) is 15.8. The summed E-state index contributed by atoms with van der Waals surface area (Å²) >= 11 is 3.45. The van der Waals surface area contributed by atoms with E-state index >= 15 is 0 Å². The lowest BCUT2D eigenvalue weighted by molar-refractivity contribution is -0.124. The highest BCUT2D eigenvalue weighted by molar-refractivity contribution is 9.10. The van der Waals surface area contributed by atoms with Gasteiger partial charge < -0.3 is 15.4 Å². The van der Waals surface area contributed by atoms with Gasteiger partial charge in [-0.3, -0.25) is 4.79 Å². The third-order valence-corrected chi connectivity index (χ3v) is 3.83. The van der Waals surface area contributed by atoms with Gasteiger partial charge in [0.2, 0.25) is 0 Å². The maximum Gasteiger partial charge on any atom is 0.258 e. The molecule has 0 bridgehead atoms. The Morgan fingerprint density at radius 2 is 2.05 bits per heavy atom. The van der Waals surface area contributed by atoms with Crippen LogP contribution >= 0.6 is 15.9 Å². The molecule has 0 radical (unpaired) electrons. The number of hydrogen-bond donors (Lipinski definition) is 2. The molecule has 1 unspecified atom stereocenters. The normalized spacial score (nSPS) is 12.3. The molecule has 0 saturated heterocycles. The molecule has 1 aromatic rings. The molecule has 0 saturated carbocycles. The molecule has 0 aliphatic carbocycles. The van der Waals surface area contributed by atoms with Gasteiger partial charge in [0.05, 0.1) is 0 Å². The third kappa shape index (κ3) is 6.48. The fourth-order valence-corrected chi connectivity index (χ4v) is 2.10. The molecular weight excluding hydrogens is 332 g/mol. The number of hydrogen-bond acceptors (Lipinski definition) is 3. The van der Waals surface area contributed by atoms with Crippen LogP contribution in [0.5, 0.6) is 5.75 Å². The number of carbonyl (C=O) groups is 1. The Balaban J connectivity index is 2.59. The first-order valence-electron chi connectivity index (χ1n) is 7.35. The minimum atomic E-state index is -0.0893. The van der Waals surface area contributed by atoms with Gasteiger partial charge in [-0.1, -0.05) is 36.7 Å². The molecule has 0 aliphatic rings. The van der Waals surface area contributed by atoms with Crippen molar-refractivity contribution in [2.45, 2.75) is 40.3 Å². The van der Waals surface area contributed by atoms with Crippen LogP contribution in [0.25, 0.3) is 0 Å². The summed E-state index contributed by atoms with van der Waals surface area (Å²) in [5, 5.41) is 6.20. The van der Waals surface area contributed by atoms with Crippen LogP contribution in [0.4, 0.5) is 0 Å². The van der Waals surface area contributed by atoms with Crippen molar-refractivity contribution < 1.29 is 9.53 Å². The summed E-state index contributed by atoms with van der Waals surface area (Å²) in [5.74, 6) is 1.06. The predicted molar refractivity (Wildman–Crippen MR) is 89.5 cm³/mol. The molecule has 0 heterocycles. The van der Waals surface area contributed by atoms with Crippen molar-refractivity contribution in [2.75, 3.05) is 13.2 Å². The molecule has 0 fully saturated rings. The summed E-state index contributed by atoms with van der Waals surface area (Å²) in [6.07, 6.45) is 0. The van der Waals surface area contributed by atoms with E-state index in [2.05, 4.69) is 47.3 Å². The molecule has 21 heavy (non-hydrogen) atoms. The summed E-state index contributed by atoms with van der Waals surface area (Å²) in [6.45, 7) is 9.85. The van der Waals surface area contributed by atoms with Crippen LogP contribution in [0.15, 0.2) is 22.7 Å². The first-order chi connectivity index (χ1) is 9.93. The Morgan fingerprint density at radius 3 is 2.67 bits per heavy atom. The lowest BCUT2D eigenvalue weighted by Gasteiger charge is -2.18. The van der Waals surface area contributed by atoms with Crippen LogP contribution in [0, 0.1) is 5.92 Å². The Kier molecular flexibility index (Phi) is 7.75. The summed E-state index contributed by atoms with van der Waals surface area (Å²) in [4.78, 5) is 11.9. The number of ether oxygens (including phenoxy) is 1. The smallest absolute Gasteiger partial charge is 0.258 e. The number of nitrogens with one attached hydrogen (secondary N) is 2. The molecule has 1 rings (SSSR count). The number of halogens is 1. The van der Waals surface area contributed by atoms with E-state index in [1.807, 2.05) is 25.1 Å². The van der Waals surface area contributed by atoms with Gasteiger partial charge in [0.1, 0.15) is 5.75 Å². The molecule has 118 valence electrons. The summed E-state index contributed by atoms with van der Waals surface area (Å²) in [5.41, 5.74) is 1.04. The Bertz CT molecular complexity index is 464. The van der Waals surface area contributed by atoms with Gasteiger partial charge in [-0.2, -0.15) is 0 Å². The zero-order valence-corrected chi connectivity index (χ0v) is 14.8. The van der Waals surface area contributed by atoms with Crippen LogP contribution in [0.2, 0.25) is 0 Å². The van der Waals surface area contributed by atoms with Crippen LogP contribution in [-0.2, 0) is 11.3 Å². The second-order valence-corrected chi connectivity index (χ2v) is 6.34. The van der Waals surface area contributed by atoms with Gasteiger partial charge >= 0.3 is 0 Å². The Morgan fingerprint density at radius 1 is 1.33 bits per heavy atom. The SMILES string of the molecule is CCNCc1cc(Br)ccc1OCC(=O)NC(C)C(C)C. The largest absolute Gasteiger partial charge is 0.483 e. The average Bonchev–Trinajstić information content (AvgIpc) is 2.43. The molecule has 5 heteroatoms. The molecule has 1 aromatic carbocycles. The second-order valence-electron chi connectivity index (χ2n) is 5.42. The maximum absolute atomic E-state index is 11.9. The van der Waals surface area contributed by atoms with E-state index in [0.717, 1.165) is 28.9 Å². The van der Waals surface area contributed by atoms with Gasteiger partial charge in [-0.25, -0.2) is 0 Å². The lowest BCUT2D eigenvalue weighted by Crippen LogP contribution is -2.39. The first-order valence-corrected chi connectivity index (χ1v) is 8.14. The van der Waals surface area contributed by atoms with Gasteiger partial charge in [-0.15, -0.1) is 0 Å². The van der Waals surface area contributed by atoms with Crippen LogP contribution in [-0.4, -0.2) is 25.1 Å². The Labute approximate surface area is 135 Å². The molecule has 2 N–H and O–H groups in total. The molecule has 0 aromatic heterocycles. The topological polar surface area (TPSA) is 50.4 Å². The number of amides is 1. The van der Waals surface area contributed by atoms with E-state index in [4.69, 9.17) is 4.74 Å². The second kappa shape index (κ2) is 9.05. The van der Waals surface area contributed by atoms with Crippen molar-refractivity contribution in [3.8, 4) is 5.75 Å². The molecule has 1 amide bonds. The summed E-state index contributed by atoms with van der Waals surface area (Å²) < 4.78 is 6.66. The van der Waals surface area contributed by atoms with Crippen LogP contribution in [0.1, 0.15) is 33.3 Å². The lowest BCUT2D eigenvalue weighted by atomic mass is 10.1. The summed E-state index contributed by atoms with van der Waals surface area (Å²) in [6, 6.07) is 5.95. The molecule has 1 atom stereocenters. The number of benzene rings is 1. The first kappa shape index (κ1) is 18.0. The average molecular weight is 357 g/mol. The quantitative estimate of drug-likeness (QED) is 0.752. The van der Waals surface area contributed by atoms with Gasteiger partial charge in [0.15, 0.2) is 6.61 Å². The van der Waals surface area contributed by atoms with Gasteiger partial charge in [0.25, 0.3) is 5.91 Å². The highest BCUT2D eigenvalue weighted by Crippen LogP contribution is 2.23. The highest BCUT2D eigenvalue weighted by atomic mass is 79.9. The highest BCUT2D eigenvalue weighted by Gasteiger charge is 2.12. The predicted octanol–water partition coefficient (Wildman–Crippen LogP) is 3.10. The van der Waals surface area contributed by atoms with Crippen molar-refractivity contribution in [3.05, 3.63) is 28.2 Å². The Hall–Kier alpha value is -1.07. The molecular formula is C16H25BrN2O2. The van der Waals surface area contributed by atoms with E-state index in [1.165, 1.54) is 0 Å². The third-order valence-electron chi connectivity index (χ3n) is 3.34. The maximum atomic E-state index is 11.9. The van der Waals surface area contributed by atoms with Crippen molar-refractivity contribution in [1.82, 2.24) is 10.6 Å². The molecule has 0 spiro atoms. The van der Waals surface area contributed by atoms with E-state index in [0.29, 0.717) is 5.92 Å². The van der Waals surface area contributed by atoms with E-state index in [1.54, 1.807) is 0 Å². The fraction of sp³-hybridized carbons (Fsp3) is 0.562. The van der Waals surface area contributed by atoms with Crippen LogP contribution in [0.3, 0.4) is 0 Å². The van der Waals surface area contributed by atoms with E-state index in [9.17, 15) is 4.79 Å². The summed E-state index contributed by atoms with van der Waals surface area (Å²) in [7, 11) is 0. The van der Waals surface area contributed by atoms with Crippen molar-refractivity contribution in [2.24, 2.45) is 5.92 Å². The minimum Gasteiger partial charge on any atom is -0.483 e. The van der Waals surface area contributed by atoms with E-state index < -0.39 is 0 Å². The molecule has 0 aliphatic heterocycles. The van der Waals surface area contributed by atoms with Crippen LogP contribution < -0.4 is 15.4 Å². The van der Waals surface area contributed by atoms with Crippen molar-refractivity contribution in [1.29, 1.82) is 0 Å². The van der Waals surface area contributed by atoms with Gasteiger partial charge in [-0.05, 0) is 37.6 Å².